The summed E-state index contributed by atoms with van der Waals surface area (Å²) in [5.41, 5.74) is 3.31. The number of hydrogen-bond donors (Lipinski definition) is 2. The zero-order chi connectivity index (χ0) is 18.4. The van der Waals surface area contributed by atoms with Gasteiger partial charge in [-0.25, -0.2) is 14.8 Å². The van der Waals surface area contributed by atoms with Crippen LogP contribution >= 0.6 is 0 Å². The van der Waals surface area contributed by atoms with Gasteiger partial charge in [-0.2, -0.15) is 0 Å². The van der Waals surface area contributed by atoms with E-state index in [4.69, 9.17) is 0 Å². The largest absolute Gasteiger partial charge is 0.334 e. The van der Waals surface area contributed by atoms with Crippen molar-refractivity contribution in [3.05, 3.63) is 78.0 Å². The highest BCUT2D eigenvalue weighted by atomic mass is 16.2. The van der Waals surface area contributed by atoms with Gasteiger partial charge in [0.2, 0.25) is 0 Å². The minimum Gasteiger partial charge on any atom is -0.334 e. The summed E-state index contributed by atoms with van der Waals surface area (Å²) in [6.07, 6.45) is 8.00. The molecule has 2 amide bonds. The second-order valence-corrected chi connectivity index (χ2v) is 6.14. The fourth-order valence-corrected chi connectivity index (χ4v) is 2.62. The van der Waals surface area contributed by atoms with Crippen LogP contribution in [0, 0.1) is 0 Å². The standard InChI is InChI=1S/C20H23N5O/c1-3-16-4-7-18(8-5-16)15(2)24-20(26)23-13-17-6-9-19(22-12-17)25-11-10-21-14-25/h4-12,14-15H,3,13H2,1-2H3,(H2,23,24,26). The summed E-state index contributed by atoms with van der Waals surface area (Å²) in [7, 11) is 0. The van der Waals surface area contributed by atoms with Gasteiger partial charge in [-0.1, -0.05) is 37.3 Å². The van der Waals surface area contributed by atoms with Gasteiger partial charge in [-0.3, -0.25) is 4.57 Å². The molecule has 1 unspecified atom stereocenters. The number of nitrogens with zero attached hydrogens (tertiary/aromatic N) is 3. The van der Waals surface area contributed by atoms with Crippen LogP contribution in [0.3, 0.4) is 0 Å². The Morgan fingerprint density at radius 3 is 2.54 bits per heavy atom. The highest BCUT2D eigenvalue weighted by Crippen LogP contribution is 2.13. The van der Waals surface area contributed by atoms with Crippen LogP contribution in [0.5, 0.6) is 0 Å². The molecule has 0 saturated heterocycles. The molecule has 6 nitrogen and oxygen atoms in total. The summed E-state index contributed by atoms with van der Waals surface area (Å²) in [4.78, 5) is 20.5. The van der Waals surface area contributed by atoms with Crippen LogP contribution < -0.4 is 10.6 Å². The van der Waals surface area contributed by atoms with Crippen molar-refractivity contribution in [2.75, 3.05) is 0 Å². The normalized spacial score (nSPS) is 11.8. The first-order chi connectivity index (χ1) is 12.7. The van der Waals surface area contributed by atoms with Gasteiger partial charge in [0, 0.05) is 25.1 Å². The van der Waals surface area contributed by atoms with Crippen molar-refractivity contribution >= 4 is 6.03 Å². The van der Waals surface area contributed by atoms with E-state index in [1.54, 1.807) is 18.7 Å². The minimum absolute atomic E-state index is 0.0531. The lowest BCUT2D eigenvalue weighted by molar-refractivity contribution is 0.237. The maximum absolute atomic E-state index is 12.1. The highest BCUT2D eigenvalue weighted by molar-refractivity contribution is 5.74. The lowest BCUT2D eigenvalue weighted by atomic mass is 10.1. The second kappa shape index (κ2) is 8.29. The predicted octanol–water partition coefficient (Wildman–Crippen LogP) is 3.39. The number of pyridine rings is 1. The highest BCUT2D eigenvalue weighted by Gasteiger charge is 2.09. The van der Waals surface area contributed by atoms with E-state index in [1.807, 2.05) is 29.8 Å². The fraction of sp³-hybridized carbons (Fsp3) is 0.250. The topological polar surface area (TPSA) is 71.8 Å². The molecular weight excluding hydrogens is 326 g/mol. The van der Waals surface area contributed by atoms with Gasteiger partial charge in [-0.15, -0.1) is 0 Å². The number of nitrogens with one attached hydrogen (secondary N) is 2. The van der Waals surface area contributed by atoms with Gasteiger partial charge >= 0.3 is 6.03 Å². The number of amides is 2. The third kappa shape index (κ3) is 4.47. The number of urea groups is 1. The number of imidazole rings is 1. The van der Waals surface area contributed by atoms with Crippen molar-refractivity contribution in [1.82, 2.24) is 25.2 Å². The van der Waals surface area contributed by atoms with E-state index in [-0.39, 0.29) is 12.1 Å². The molecule has 0 aliphatic rings. The Kier molecular flexibility index (Phi) is 5.63. The number of hydrogen-bond acceptors (Lipinski definition) is 3. The third-order valence-corrected chi connectivity index (χ3v) is 4.27. The van der Waals surface area contributed by atoms with E-state index in [2.05, 4.69) is 51.8 Å². The zero-order valence-corrected chi connectivity index (χ0v) is 15.0. The van der Waals surface area contributed by atoms with Gasteiger partial charge in [0.15, 0.2) is 0 Å². The number of rotatable bonds is 6. The van der Waals surface area contributed by atoms with Crippen molar-refractivity contribution in [3.63, 3.8) is 0 Å². The van der Waals surface area contributed by atoms with Crippen molar-refractivity contribution in [2.24, 2.45) is 0 Å². The molecule has 0 aliphatic heterocycles. The molecule has 3 rings (SSSR count). The van der Waals surface area contributed by atoms with Crippen LogP contribution in [-0.4, -0.2) is 20.6 Å². The molecule has 3 aromatic rings. The molecule has 0 aliphatic carbocycles. The molecule has 6 heteroatoms. The van der Waals surface area contributed by atoms with E-state index in [0.717, 1.165) is 23.4 Å². The van der Waals surface area contributed by atoms with Crippen LogP contribution in [0.15, 0.2) is 61.3 Å². The summed E-state index contributed by atoms with van der Waals surface area (Å²) in [5.74, 6) is 0.792. The summed E-state index contributed by atoms with van der Waals surface area (Å²) < 4.78 is 1.83. The van der Waals surface area contributed by atoms with Crippen LogP contribution in [-0.2, 0) is 13.0 Å². The first-order valence-corrected chi connectivity index (χ1v) is 8.72. The molecular formula is C20H23N5O. The summed E-state index contributed by atoms with van der Waals surface area (Å²) in [5, 5.41) is 5.82. The van der Waals surface area contributed by atoms with Gasteiger partial charge in [0.05, 0.1) is 6.04 Å². The van der Waals surface area contributed by atoms with Crippen molar-refractivity contribution in [2.45, 2.75) is 32.9 Å². The number of benzene rings is 1. The summed E-state index contributed by atoms with van der Waals surface area (Å²) in [6, 6.07) is 11.9. The number of carbonyl (C=O) groups is 1. The zero-order valence-electron chi connectivity index (χ0n) is 15.0. The van der Waals surface area contributed by atoms with Crippen molar-refractivity contribution < 1.29 is 4.79 Å². The Morgan fingerprint density at radius 1 is 1.15 bits per heavy atom. The first-order valence-electron chi connectivity index (χ1n) is 8.72. The minimum atomic E-state index is -0.198. The van der Waals surface area contributed by atoms with E-state index < -0.39 is 0 Å². The lowest BCUT2D eigenvalue weighted by Gasteiger charge is -2.15. The molecule has 2 N–H and O–H groups in total. The SMILES string of the molecule is CCc1ccc(C(C)NC(=O)NCc2ccc(-n3ccnc3)nc2)cc1. The van der Waals surface area contributed by atoms with E-state index >= 15 is 0 Å². The third-order valence-electron chi connectivity index (χ3n) is 4.27. The van der Waals surface area contributed by atoms with E-state index in [9.17, 15) is 4.79 Å². The van der Waals surface area contributed by atoms with E-state index in [0.29, 0.717) is 6.54 Å². The average Bonchev–Trinajstić information content (AvgIpc) is 3.21. The Morgan fingerprint density at radius 2 is 1.92 bits per heavy atom. The van der Waals surface area contributed by atoms with Crippen LogP contribution in [0.25, 0.3) is 5.82 Å². The smallest absolute Gasteiger partial charge is 0.315 e. The first kappa shape index (κ1) is 17.7. The monoisotopic (exact) mass is 349 g/mol. The molecule has 26 heavy (non-hydrogen) atoms. The molecule has 0 spiro atoms. The Labute approximate surface area is 153 Å². The van der Waals surface area contributed by atoms with Crippen molar-refractivity contribution in [3.8, 4) is 5.82 Å². The van der Waals surface area contributed by atoms with E-state index in [1.165, 1.54) is 5.56 Å². The van der Waals surface area contributed by atoms with Crippen LogP contribution in [0.4, 0.5) is 4.79 Å². The molecule has 0 saturated carbocycles. The summed E-state index contributed by atoms with van der Waals surface area (Å²) in [6.45, 7) is 4.52. The molecule has 0 fully saturated rings. The van der Waals surface area contributed by atoms with Gasteiger partial charge < -0.3 is 10.6 Å². The average molecular weight is 349 g/mol. The predicted molar refractivity (Wildman–Crippen MR) is 101 cm³/mol. The second-order valence-electron chi connectivity index (χ2n) is 6.14. The van der Waals surface area contributed by atoms with Gasteiger partial charge in [0.1, 0.15) is 12.1 Å². The molecule has 134 valence electrons. The molecule has 0 radical (unpaired) electrons. The van der Waals surface area contributed by atoms with Crippen molar-refractivity contribution in [1.29, 1.82) is 0 Å². The van der Waals surface area contributed by atoms with Crippen LogP contribution in [0.2, 0.25) is 0 Å². The summed E-state index contributed by atoms with van der Waals surface area (Å²) >= 11 is 0. The number of carbonyl (C=O) groups excluding carboxylic acids is 1. The molecule has 0 bridgehead atoms. The molecule has 1 aromatic carbocycles. The van der Waals surface area contributed by atoms with Crippen LogP contribution in [0.1, 0.15) is 36.6 Å². The Balaban J connectivity index is 1.50. The fourth-order valence-electron chi connectivity index (χ4n) is 2.62. The maximum atomic E-state index is 12.1. The Bertz CT molecular complexity index is 826. The molecule has 1 atom stereocenters. The Hall–Kier alpha value is -3.15. The maximum Gasteiger partial charge on any atom is 0.315 e. The molecule has 2 aromatic heterocycles. The van der Waals surface area contributed by atoms with Gasteiger partial charge in [0.25, 0.3) is 0 Å². The van der Waals surface area contributed by atoms with Gasteiger partial charge in [-0.05, 0) is 36.1 Å². The quantitative estimate of drug-likeness (QED) is 0.716. The molecule has 2 heterocycles. The lowest BCUT2D eigenvalue weighted by Crippen LogP contribution is -2.36. The number of aromatic nitrogens is 3. The number of aryl methyl sites for hydroxylation is 1.